The Bertz CT molecular complexity index is 587. The van der Waals surface area contributed by atoms with Crippen LogP contribution in [-0.2, 0) is 20.8 Å². The summed E-state index contributed by atoms with van der Waals surface area (Å²) in [6, 6.07) is 5.40. The summed E-state index contributed by atoms with van der Waals surface area (Å²) in [6.45, 7) is 9.34. The molecule has 0 aliphatic carbocycles. The van der Waals surface area contributed by atoms with Gasteiger partial charge in [-0.05, 0) is 45.0 Å². The molecule has 0 saturated heterocycles. The van der Waals surface area contributed by atoms with Crippen LogP contribution in [0.15, 0.2) is 18.2 Å². The van der Waals surface area contributed by atoms with Gasteiger partial charge >= 0.3 is 0 Å². The van der Waals surface area contributed by atoms with Crippen LogP contribution in [0.3, 0.4) is 0 Å². The minimum atomic E-state index is -0.687. The third-order valence-corrected chi connectivity index (χ3v) is 3.50. The number of rotatable bonds is 8. The van der Waals surface area contributed by atoms with Crippen LogP contribution in [0.1, 0.15) is 39.7 Å². The Labute approximate surface area is 155 Å². The van der Waals surface area contributed by atoms with Crippen LogP contribution in [-0.4, -0.2) is 49.2 Å². The zero-order valence-electron chi connectivity index (χ0n) is 16.1. The lowest BCUT2D eigenvalue weighted by atomic mass is 10.0. The maximum Gasteiger partial charge on any atom is 0.251 e. The summed E-state index contributed by atoms with van der Waals surface area (Å²) >= 11 is 0. The molecule has 0 spiro atoms. The molecular weight excluding hydrogens is 336 g/mol. The number of hydrogen-bond acceptors (Lipinski definition) is 6. The van der Waals surface area contributed by atoms with Gasteiger partial charge in [-0.2, -0.15) is 5.06 Å². The van der Waals surface area contributed by atoms with Crippen molar-refractivity contribution in [3.8, 4) is 5.75 Å². The molecule has 2 N–H and O–H groups in total. The number of Topliss-reactive ketones (excluding diaryl/α,β-unsaturated/α-hetero) is 1. The minimum Gasteiger partial charge on any atom is -0.484 e. The first-order valence-corrected chi connectivity index (χ1v) is 8.99. The Morgan fingerprint density at radius 2 is 2.00 bits per heavy atom. The Balaban J connectivity index is 0.000000597. The molecule has 0 aromatic heterocycles. The third-order valence-electron chi connectivity index (χ3n) is 3.50. The van der Waals surface area contributed by atoms with Crippen LogP contribution in [0.4, 0.5) is 5.69 Å². The summed E-state index contributed by atoms with van der Waals surface area (Å²) in [5.74, 6) is 0.134. The number of aliphatic hydroxyl groups excluding tert-OH is 1. The number of anilines is 1. The molecule has 1 atom stereocenters. The van der Waals surface area contributed by atoms with E-state index in [1.165, 1.54) is 12.0 Å². The van der Waals surface area contributed by atoms with Crippen LogP contribution in [0.2, 0.25) is 0 Å². The molecule has 1 heterocycles. The van der Waals surface area contributed by atoms with E-state index >= 15 is 0 Å². The number of amides is 1. The second kappa shape index (κ2) is 11.6. The van der Waals surface area contributed by atoms with Gasteiger partial charge < -0.3 is 15.2 Å². The van der Waals surface area contributed by atoms with Crippen molar-refractivity contribution in [2.75, 3.05) is 31.4 Å². The Hall–Kier alpha value is -1.96. The highest BCUT2D eigenvalue weighted by atomic mass is 16.7. The van der Waals surface area contributed by atoms with Crippen LogP contribution < -0.4 is 15.1 Å². The number of carbonyl (C=O) groups is 2. The fraction of sp³-hybridized carbons (Fsp3) is 0.579. The highest BCUT2D eigenvalue weighted by molar-refractivity contribution is 5.96. The van der Waals surface area contributed by atoms with Crippen molar-refractivity contribution in [1.82, 2.24) is 5.32 Å². The standard InChI is InChI=1S/C15H19NO5.C4H11N/c1-10(17)8-20-13-5-3-4-12-6-7-14(19)16(15(12)13)21-9-11(2)18;1-3-5-4-2/h3-5,11,18H,6-9H2,1-2H3;5H,3-4H2,1-2H3. The minimum absolute atomic E-state index is 0.00617. The fourth-order valence-corrected chi connectivity index (χ4v) is 2.33. The quantitative estimate of drug-likeness (QED) is 0.730. The van der Waals surface area contributed by atoms with E-state index in [9.17, 15) is 14.7 Å². The van der Waals surface area contributed by atoms with Gasteiger partial charge in [-0.25, -0.2) is 0 Å². The zero-order chi connectivity index (χ0) is 19.5. The van der Waals surface area contributed by atoms with Gasteiger partial charge in [-0.15, -0.1) is 0 Å². The van der Waals surface area contributed by atoms with E-state index in [1.54, 1.807) is 13.0 Å². The summed E-state index contributed by atoms with van der Waals surface area (Å²) in [4.78, 5) is 28.5. The summed E-state index contributed by atoms with van der Waals surface area (Å²) in [5.41, 5.74) is 1.44. The SMILES string of the molecule is CC(=O)COc1cccc2c1N(OCC(C)O)C(=O)CC2.CCNCC. The number of ether oxygens (including phenoxy) is 1. The van der Waals surface area contributed by atoms with Crippen LogP contribution in [0.25, 0.3) is 0 Å². The normalized spacial score (nSPS) is 14.2. The molecule has 2 rings (SSSR count). The molecule has 0 fully saturated rings. The summed E-state index contributed by atoms with van der Waals surface area (Å²) < 4.78 is 5.47. The number of para-hydroxylation sites is 1. The molecule has 1 aliphatic rings. The molecule has 7 heteroatoms. The van der Waals surface area contributed by atoms with Crippen molar-refractivity contribution in [1.29, 1.82) is 0 Å². The first kappa shape index (κ1) is 22.1. The number of ketones is 1. The van der Waals surface area contributed by atoms with Crippen molar-refractivity contribution >= 4 is 17.4 Å². The number of carbonyl (C=O) groups excluding carboxylic acids is 2. The van der Waals surface area contributed by atoms with E-state index in [1.807, 2.05) is 12.1 Å². The predicted octanol–water partition coefficient (Wildman–Crippen LogP) is 1.86. The van der Waals surface area contributed by atoms with E-state index in [0.717, 1.165) is 18.7 Å². The van der Waals surface area contributed by atoms with Gasteiger partial charge in [0.05, 0.1) is 6.10 Å². The number of nitrogens with one attached hydrogen (secondary N) is 1. The molecule has 1 aromatic rings. The molecule has 1 amide bonds. The number of hydroxylamine groups is 1. The molecular formula is C19H30N2O5. The van der Waals surface area contributed by atoms with Crippen molar-refractivity contribution in [2.45, 2.75) is 46.6 Å². The monoisotopic (exact) mass is 366 g/mol. The number of fused-ring (bicyclic) bond motifs is 1. The summed E-state index contributed by atoms with van der Waals surface area (Å²) in [5, 5.41) is 13.6. The lowest BCUT2D eigenvalue weighted by Crippen LogP contribution is -2.37. The lowest BCUT2D eigenvalue weighted by Gasteiger charge is -2.30. The first-order valence-electron chi connectivity index (χ1n) is 8.99. The Morgan fingerprint density at radius 3 is 2.54 bits per heavy atom. The zero-order valence-corrected chi connectivity index (χ0v) is 16.1. The van der Waals surface area contributed by atoms with Crippen molar-refractivity contribution < 1.29 is 24.3 Å². The summed E-state index contributed by atoms with van der Waals surface area (Å²) in [7, 11) is 0. The van der Waals surface area contributed by atoms with Gasteiger partial charge in [-0.3, -0.25) is 14.4 Å². The molecule has 0 radical (unpaired) electrons. The van der Waals surface area contributed by atoms with Crippen molar-refractivity contribution in [3.05, 3.63) is 23.8 Å². The largest absolute Gasteiger partial charge is 0.484 e. The molecule has 1 aromatic carbocycles. The highest BCUT2D eigenvalue weighted by Crippen LogP contribution is 2.37. The number of aryl methyl sites for hydroxylation is 1. The Kier molecular flexibility index (Phi) is 9.87. The van der Waals surface area contributed by atoms with Gasteiger partial charge in [0.2, 0.25) is 0 Å². The average molecular weight is 366 g/mol. The average Bonchev–Trinajstić information content (AvgIpc) is 2.60. The predicted molar refractivity (Wildman–Crippen MR) is 100 cm³/mol. The maximum absolute atomic E-state index is 12.1. The molecule has 146 valence electrons. The Morgan fingerprint density at radius 1 is 1.31 bits per heavy atom. The van der Waals surface area contributed by atoms with Crippen LogP contribution in [0, 0.1) is 0 Å². The van der Waals surface area contributed by atoms with E-state index in [2.05, 4.69) is 19.2 Å². The van der Waals surface area contributed by atoms with Gasteiger partial charge in [-0.1, -0.05) is 26.0 Å². The fourth-order valence-electron chi connectivity index (χ4n) is 2.33. The van der Waals surface area contributed by atoms with Crippen LogP contribution in [0.5, 0.6) is 5.75 Å². The van der Waals surface area contributed by atoms with E-state index < -0.39 is 6.10 Å². The third kappa shape index (κ3) is 7.11. The van der Waals surface area contributed by atoms with E-state index in [-0.39, 0.29) is 24.9 Å². The second-order valence-electron chi connectivity index (χ2n) is 6.04. The molecule has 0 bridgehead atoms. The number of aliphatic hydroxyl groups is 1. The topological polar surface area (TPSA) is 88.1 Å². The molecule has 1 aliphatic heterocycles. The van der Waals surface area contributed by atoms with Gasteiger partial charge in [0.15, 0.2) is 5.78 Å². The molecule has 26 heavy (non-hydrogen) atoms. The van der Waals surface area contributed by atoms with Crippen molar-refractivity contribution in [2.24, 2.45) is 0 Å². The van der Waals surface area contributed by atoms with Crippen LogP contribution >= 0.6 is 0 Å². The number of benzene rings is 1. The second-order valence-corrected chi connectivity index (χ2v) is 6.04. The summed E-state index contributed by atoms with van der Waals surface area (Å²) in [6.07, 6.45) is 0.247. The number of hydrogen-bond donors (Lipinski definition) is 2. The van der Waals surface area contributed by atoms with Crippen molar-refractivity contribution in [3.63, 3.8) is 0 Å². The lowest BCUT2D eigenvalue weighted by molar-refractivity contribution is -0.127. The van der Waals surface area contributed by atoms with Gasteiger partial charge in [0.25, 0.3) is 5.91 Å². The number of nitrogens with zero attached hydrogens (tertiary/aromatic N) is 1. The van der Waals surface area contributed by atoms with E-state index in [0.29, 0.717) is 24.3 Å². The molecule has 0 saturated carbocycles. The van der Waals surface area contributed by atoms with Gasteiger partial charge in [0.1, 0.15) is 24.7 Å². The smallest absolute Gasteiger partial charge is 0.251 e. The highest BCUT2D eigenvalue weighted by Gasteiger charge is 2.29. The molecule has 1 unspecified atom stereocenters. The van der Waals surface area contributed by atoms with Gasteiger partial charge in [0, 0.05) is 6.42 Å². The van der Waals surface area contributed by atoms with E-state index in [4.69, 9.17) is 9.57 Å². The molecule has 7 nitrogen and oxygen atoms in total. The maximum atomic E-state index is 12.1. The first-order chi connectivity index (χ1) is 12.4.